The maximum atomic E-state index is 10.1. The molecule has 1 aromatic carbocycles. The molecule has 0 bridgehead atoms. The molecule has 0 fully saturated rings. The number of benzene rings is 1. The predicted octanol–water partition coefficient (Wildman–Crippen LogP) is 2.98. The number of hydrogen-bond acceptors (Lipinski definition) is 3. The highest BCUT2D eigenvalue weighted by Crippen LogP contribution is 2.24. The van der Waals surface area contributed by atoms with Crippen LogP contribution in [0.3, 0.4) is 0 Å². The fourth-order valence-electron chi connectivity index (χ4n) is 2.93. The van der Waals surface area contributed by atoms with Gasteiger partial charge in [-0.1, -0.05) is 36.7 Å². The van der Waals surface area contributed by atoms with Crippen LogP contribution in [0.2, 0.25) is 0 Å². The lowest BCUT2D eigenvalue weighted by Gasteiger charge is -2.31. The zero-order valence-corrected chi connectivity index (χ0v) is 17.2. The third kappa shape index (κ3) is 10.3. The average molecular weight is 403 g/mol. The van der Waals surface area contributed by atoms with Gasteiger partial charge in [0, 0.05) is 10.9 Å². The minimum atomic E-state index is -0.461. The van der Waals surface area contributed by atoms with Gasteiger partial charge in [-0.2, -0.15) is 0 Å². The Bertz CT molecular complexity index is 468. The molecule has 0 unspecified atom stereocenters. The molecule has 3 N–H and O–H groups in total. The summed E-state index contributed by atoms with van der Waals surface area (Å²) in [6, 6.07) is 7.70. The number of ether oxygens (including phenoxy) is 2. The van der Waals surface area contributed by atoms with Gasteiger partial charge < -0.3 is 19.9 Å². The monoisotopic (exact) mass is 402 g/mol. The Hall–Kier alpha value is -0.620. The standard InChI is InChI=1S/C19H32BrNO3/c1-18(2,3)14-19(4,5)21-12-16(22)13-23-10-11-24-17-8-6-15(20)7-9-17/h6-9,16,21-22H,10-14H2,1-5H3/p+1/t16-/m0/s1. The van der Waals surface area contributed by atoms with Crippen molar-refractivity contribution in [2.45, 2.75) is 52.7 Å². The SMILES string of the molecule is CC(C)(C)CC(C)(C)[NH2+]C[C@H](O)COCCOc1ccc(Br)cc1. The second kappa shape index (κ2) is 9.76. The number of rotatable bonds is 10. The molecule has 0 aromatic heterocycles. The van der Waals surface area contributed by atoms with Crippen molar-refractivity contribution in [3.8, 4) is 5.75 Å². The van der Waals surface area contributed by atoms with Crippen molar-refractivity contribution in [3.05, 3.63) is 28.7 Å². The molecular weight excluding hydrogens is 370 g/mol. The van der Waals surface area contributed by atoms with E-state index in [1.807, 2.05) is 24.3 Å². The molecule has 0 aliphatic rings. The van der Waals surface area contributed by atoms with E-state index in [9.17, 15) is 5.11 Å². The van der Waals surface area contributed by atoms with E-state index in [4.69, 9.17) is 9.47 Å². The maximum absolute atomic E-state index is 10.1. The van der Waals surface area contributed by atoms with Gasteiger partial charge in [-0.25, -0.2) is 0 Å². The number of hydrogen-bond donors (Lipinski definition) is 2. The Morgan fingerprint density at radius 3 is 2.29 bits per heavy atom. The molecule has 0 heterocycles. The summed E-state index contributed by atoms with van der Waals surface area (Å²) in [6.07, 6.45) is 0.631. The lowest BCUT2D eigenvalue weighted by molar-refractivity contribution is -0.728. The minimum absolute atomic E-state index is 0.115. The Kier molecular flexibility index (Phi) is 8.71. The number of quaternary nitrogens is 1. The van der Waals surface area contributed by atoms with E-state index in [0.29, 0.717) is 26.4 Å². The largest absolute Gasteiger partial charge is 0.491 e. The van der Waals surface area contributed by atoms with Crippen molar-refractivity contribution in [3.63, 3.8) is 0 Å². The number of aliphatic hydroxyl groups excluding tert-OH is 1. The topological polar surface area (TPSA) is 55.3 Å². The molecule has 5 heteroatoms. The Morgan fingerprint density at radius 1 is 1.08 bits per heavy atom. The van der Waals surface area contributed by atoms with Gasteiger partial charge in [-0.15, -0.1) is 0 Å². The number of halogens is 1. The smallest absolute Gasteiger partial charge is 0.126 e. The summed E-state index contributed by atoms with van der Waals surface area (Å²) in [5.41, 5.74) is 0.399. The summed E-state index contributed by atoms with van der Waals surface area (Å²) in [7, 11) is 0. The van der Waals surface area contributed by atoms with Crippen LogP contribution in [0, 0.1) is 5.41 Å². The summed E-state index contributed by atoms with van der Waals surface area (Å²) < 4.78 is 12.1. The molecule has 0 amide bonds. The average Bonchev–Trinajstić information content (AvgIpc) is 2.44. The van der Waals surface area contributed by atoms with Gasteiger partial charge in [0.2, 0.25) is 0 Å². The van der Waals surface area contributed by atoms with Crippen LogP contribution in [0.25, 0.3) is 0 Å². The summed E-state index contributed by atoms with van der Waals surface area (Å²) in [6.45, 7) is 13.1. The van der Waals surface area contributed by atoms with Gasteiger partial charge in [-0.3, -0.25) is 0 Å². The second-order valence-electron chi connectivity index (χ2n) is 8.20. The normalized spacial score (nSPS) is 13.8. The van der Waals surface area contributed by atoms with E-state index in [0.717, 1.165) is 16.6 Å². The van der Waals surface area contributed by atoms with E-state index in [1.165, 1.54) is 0 Å². The maximum Gasteiger partial charge on any atom is 0.126 e. The summed E-state index contributed by atoms with van der Waals surface area (Å²) in [5, 5.41) is 12.3. The van der Waals surface area contributed by atoms with Gasteiger partial charge in [0.1, 0.15) is 25.0 Å². The van der Waals surface area contributed by atoms with Crippen LogP contribution >= 0.6 is 15.9 Å². The summed E-state index contributed by atoms with van der Waals surface area (Å²) in [5.74, 6) is 0.819. The first-order valence-corrected chi connectivity index (χ1v) is 9.35. The first-order chi connectivity index (χ1) is 11.1. The number of nitrogens with two attached hydrogens (primary N) is 1. The molecule has 0 saturated carbocycles. The van der Waals surface area contributed by atoms with Crippen molar-refractivity contribution in [1.82, 2.24) is 0 Å². The highest BCUT2D eigenvalue weighted by atomic mass is 79.9. The molecule has 0 aliphatic carbocycles. The van der Waals surface area contributed by atoms with Crippen molar-refractivity contribution < 1.29 is 19.9 Å². The van der Waals surface area contributed by atoms with Crippen LogP contribution in [0.4, 0.5) is 0 Å². The molecule has 1 rings (SSSR count). The van der Waals surface area contributed by atoms with Crippen molar-refractivity contribution in [2.75, 3.05) is 26.4 Å². The van der Waals surface area contributed by atoms with Crippen molar-refractivity contribution in [1.29, 1.82) is 0 Å². The lowest BCUT2D eigenvalue weighted by atomic mass is 9.82. The highest BCUT2D eigenvalue weighted by molar-refractivity contribution is 9.10. The van der Waals surface area contributed by atoms with Gasteiger partial charge in [0.15, 0.2) is 0 Å². The highest BCUT2D eigenvalue weighted by Gasteiger charge is 2.28. The van der Waals surface area contributed by atoms with Gasteiger partial charge >= 0.3 is 0 Å². The van der Waals surface area contributed by atoms with E-state index in [1.54, 1.807) is 0 Å². The molecular formula is C19H33BrNO3+. The molecule has 4 nitrogen and oxygen atoms in total. The predicted molar refractivity (Wildman–Crippen MR) is 101 cm³/mol. The molecule has 0 aliphatic heterocycles. The molecule has 1 aromatic rings. The van der Waals surface area contributed by atoms with E-state index in [2.05, 4.69) is 55.9 Å². The first kappa shape index (κ1) is 21.4. The zero-order chi connectivity index (χ0) is 18.2. The molecule has 0 saturated heterocycles. The van der Waals surface area contributed by atoms with Crippen LogP contribution in [0.15, 0.2) is 28.7 Å². The first-order valence-electron chi connectivity index (χ1n) is 8.56. The van der Waals surface area contributed by atoms with Crippen molar-refractivity contribution in [2.24, 2.45) is 5.41 Å². The quantitative estimate of drug-likeness (QED) is 0.591. The fourth-order valence-corrected chi connectivity index (χ4v) is 3.20. The van der Waals surface area contributed by atoms with Crippen LogP contribution in [0.1, 0.15) is 41.0 Å². The van der Waals surface area contributed by atoms with Crippen LogP contribution < -0.4 is 10.1 Å². The Balaban J connectivity index is 2.13. The third-order valence-electron chi connectivity index (χ3n) is 3.55. The van der Waals surface area contributed by atoms with Gasteiger partial charge in [0.25, 0.3) is 0 Å². The fraction of sp³-hybridized carbons (Fsp3) is 0.684. The summed E-state index contributed by atoms with van der Waals surface area (Å²) >= 11 is 3.39. The molecule has 24 heavy (non-hydrogen) atoms. The molecule has 1 atom stereocenters. The Labute approximate surface area is 155 Å². The van der Waals surface area contributed by atoms with Crippen LogP contribution in [-0.2, 0) is 4.74 Å². The van der Waals surface area contributed by atoms with E-state index in [-0.39, 0.29) is 11.0 Å². The lowest BCUT2D eigenvalue weighted by Crippen LogP contribution is -2.97. The minimum Gasteiger partial charge on any atom is -0.491 e. The van der Waals surface area contributed by atoms with E-state index < -0.39 is 6.10 Å². The van der Waals surface area contributed by atoms with E-state index >= 15 is 0 Å². The van der Waals surface area contributed by atoms with Crippen LogP contribution in [0.5, 0.6) is 5.75 Å². The van der Waals surface area contributed by atoms with Gasteiger partial charge in [-0.05, 0) is 43.5 Å². The summed E-state index contributed by atoms with van der Waals surface area (Å²) in [4.78, 5) is 0. The Morgan fingerprint density at radius 2 is 1.71 bits per heavy atom. The number of aliphatic hydroxyl groups is 1. The molecule has 138 valence electrons. The molecule has 0 spiro atoms. The zero-order valence-electron chi connectivity index (χ0n) is 15.6. The van der Waals surface area contributed by atoms with Crippen molar-refractivity contribution >= 4 is 15.9 Å². The third-order valence-corrected chi connectivity index (χ3v) is 4.08. The van der Waals surface area contributed by atoms with Gasteiger partial charge in [0.05, 0.1) is 18.8 Å². The second-order valence-corrected chi connectivity index (χ2v) is 9.11. The molecule has 0 radical (unpaired) electrons. The van der Waals surface area contributed by atoms with Crippen LogP contribution in [-0.4, -0.2) is 43.1 Å².